The van der Waals surface area contributed by atoms with Crippen molar-refractivity contribution in [2.45, 2.75) is 46.5 Å². The predicted octanol–water partition coefficient (Wildman–Crippen LogP) is 3.42. The van der Waals surface area contributed by atoms with Gasteiger partial charge in [-0.3, -0.25) is 0 Å². The Kier molecular flexibility index (Phi) is 6.01. The van der Waals surface area contributed by atoms with Gasteiger partial charge in [0.1, 0.15) is 11.6 Å². The van der Waals surface area contributed by atoms with Crippen LogP contribution in [0.1, 0.15) is 45.1 Å². The molecule has 0 fully saturated rings. The van der Waals surface area contributed by atoms with Gasteiger partial charge in [-0.2, -0.15) is 0 Å². The molecule has 0 aliphatic carbocycles. The summed E-state index contributed by atoms with van der Waals surface area (Å²) in [6.07, 6.45) is 4.14. The van der Waals surface area contributed by atoms with E-state index in [1.807, 2.05) is 0 Å². The van der Waals surface area contributed by atoms with Crippen LogP contribution in [0.3, 0.4) is 0 Å². The monoisotopic (exact) mass is 333 g/mol. The molecule has 1 aromatic heterocycles. The fourth-order valence-electron chi connectivity index (χ4n) is 1.47. The third-order valence-electron chi connectivity index (χ3n) is 2.32. The van der Waals surface area contributed by atoms with Crippen LogP contribution in [0.2, 0.25) is 0 Å². The highest BCUT2D eigenvalue weighted by atomic mass is 127. The summed E-state index contributed by atoms with van der Waals surface area (Å²) in [6.45, 7) is 7.44. The number of aryl methyl sites for hydroxylation is 2. The lowest BCUT2D eigenvalue weighted by Gasteiger charge is -2.11. The van der Waals surface area contributed by atoms with Crippen LogP contribution >= 0.6 is 22.6 Å². The van der Waals surface area contributed by atoms with Gasteiger partial charge in [-0.05, 0) is 41.9 Å². The number of aromatic nitrogens is 2. The Morgan fingerprint density at radius 1 is 1.12 bits per heavy atom. The fraction of sp³-hybridized carbons (Fsp3) is 0.667. The molecular weight excluding hydrogens is 313 g/mol. The van der Waals surface area contributed by atoms with Gasteiger partial charge in [0.25, 0.3) is 0 Å². The standard InChI is InChI=1S/C12H20IN3/c1-4-7-10-15-9(6-3)11(13)12(16-10)14-8-5-2/h4-8H2,1-3H3,(H,14,15,16). The molecule has 1 aromatic rings. The Bertz CT molecular complexity index is 339. The molecule has 0 atom stereocenters. The fourth-order valence-corrected chi connectivity index (χ4v) is 2.29. The van der Waals surface area contributed by atoms with E-state index in [4.69, 9.17) is 0 Å². The van der Waals surface area contributed by atoms with Crippen LogP contribution in [0.25, 0.3) is 0 Å². The van der Waals surface area contributed by atoms with Crippen LogP contribution in [0.15, 0.2) is 0 Å². The summed E-state index contributed by atoms with van der Waals surface area (Å²) < 4.78 is 1.17. The van der Waals surface area contributed by atoms with Crippen molar-refractivity contribution < 1.29 is 0 Å². The Morgan fingerprint density at radius 2 is 1.88 bits per heavy atom. The van der Waals surface area contributed by atoms with Crippen LogP contribution in [-0.2, 0) is 12.8 Å². The second-order valence-electron chi connectivity index (χ2n) is 3.78. The van der Waals surface area contributed by atoms with E-state index < -0.39 is 0 Å². The third-order valence-corrected chi connectivity index (χ3v) is 3.45. The van der Waals surface area contributed by atoms with Gasteiger partial charge in [-0.25, -0.2) is 9.97 Å². The summed E-state index contributed by atoms with van der Waals surface area (Å²) in [5.41, 5.74) is 1.16. The smallest absolute Gasteiger partial charge is 0.143 e. The zero-order valence-corrected chi connectivity index (χ0v) is 12.5. The Hall–Kier alpha value is -0.390. The number of hydrogen-bond donors (Lipinski definition) is 1. The molecule has 0 aromatic carbocycles. The molecule has 4 heteroatoms. The normalized spacial score (nSPS) is 10.5. The van der Waals surface area contributed by atoms with E-state index in [0.717, 1.165) is 49.6 Å². The van der Waals surface area contributed by atoms with E-state index in [0.29, 0.717) is 0 Å². The third kappa shape index (κ3) is 3.57. The van der Waals surface area contributed by atoms with Crippen molar-refractivity contribution in [1.29, 1.82) is 0 Å². The molecule has 0 aliphatic heterocycles. The maximum atomic E-state index is 4.59. The minimum absolute atomic E-state index is 0.963. The van der Waals surface area contributed by atoms with Gasteiger partial charge < -0.3 is 5.32 Å². The number of nitrogens with one attached hydrogen (secondary N) is 1. The molecule has 1 heterocycles. The Morgan fingerprint density at radius 3 is 2.44 bits per heavy atom. The highest BCUT2D eigenvalue weighted by Crippen LogP contribution is 2.20. The molecule has 1 N–H and O–H groups in total. The number of rotatable bonds is 6. The molecule has 90 valence electrons. The average molecular weight is 333 g/mol. The van der Waals surface area contributed by atoms with Crippen molar-refractivity contribution in [2.24, 2.45) is 0 Å². The maximum absolute atomic E-state index is 4.59. The largest absolute Gasteiger partial charge is 0.369 e. The molecule has 0 saturated heterocycles. The summed E-state index contributed by atoms with van der Waals surface area (Å²) in [7, 11) is 0. The van der Waals surface area contributed by atoms with Crippen molar-refractivity contribution in [3.8, 4) is 0 Å². The first-order chi connectivity index (χ1) is 7.72. The quantitative estimate of drug-likeness (QED) is 0.811. The Balaban J connectivity index is 2.98. The maximum Gasteiger partial charge on any atom is 0.143 e. The van der Waals surface area contributed by atoms with Crippen molar-refractivity contribution >= 4 is 28.4 Å². The van der Waals surface area contributed by atoms with Gasteiger partial charge in [-0.1, -0.05) is 20.8 Å². The van der Waals surface area contributed by atoms with Crippen molar-refractivity contribution in [3.63, 3.8) is 0 Å². The molecule has 3 nitrogen and oxygen atoms in total. The molecule has 0 aliphatic rings. The topological polar surface area (TPSA) is 37.8 Å². The zero-order chi connectivity index (χ0) is 12.0. The number of hydrogen-bond acceptors (Lipinski definition) is 3. The van der Waals surface area contributed by atoms with E-state index in [9.17, 15) is 0 Å². The van der Waals surface area contributed by atoms with Crippen molar-refractivity contribution in [1.82, 2.24) is 9.97 Å². The van der Waals surface area contributed by atoms with Crippen LogP contribution < -0.4 is 5.32 Å². The average Bonchev–Trinajstić information content (AvgIpc) is 2.29. The summed E-state index contributed by atoms with van der Waals surface area (Å²) in [5, 5.41) is 3.38. The van der Waals surface area contributed by atoms with Crippen LogP contribution in [0.5, 0.6) is 0 Å². The molecule has 0 bridgehead atoms. The van der Waals surface area contributed by atoms with Crippen LogP contribution in [0, 0.1) is 3.57 Å². The van der Waals surface area contributed by atoms with Crippen molar-refractivity contribution in [2.75, 3.05) is 11.9 Å². The predicted molar refractivity (Wildman–Crippen MR) is 76.9 cm³/mol. The minimum atomic E-state index is 0.963. The summed E-state index contributed by atoms with van der Waals surface area (Å²) >= 11 is 2.34. The first kappa shape index (κ1) is 13.7. The van der Waals surface area contributed by atoms with Crippen molar-refractivity contribution in [3.05, 3.63) is 15.1 Å². The number of anilines is 1. The second kappa shape index (κ2) is 7.04. The summed E-state index contributed by atoms with van der Waals surface area (Å²) in [5.74, 6) is 1.98. The first-order valence-electron chi connectivity index (χ1n) is 6.02. The zero-order valence-electron chi connectivity index (χ0n) is 10.3. The van der Waals surface area contributed by atoms with Gasteiger partial charge in [-0.15, -0.1) is 0 Å². The number of halogens is 1. The Labute approximate surface area is 112 Å². The molecule has 0 unspecified atom stereocenters. The number of nitrogens with zero attached hydrogens (tertiary/aromatic N) is 2. The molecule has 0 radical (unpaired) electrons. The van der Waals surface area contributed by atoms with E-state index in [1.54, 1.807) is 0 Å². The molecule has 16 heavy (non-hydrogen) atoms. The van der Waals surface area contributed by atoms with Gasteiger partial charge in [0.05, 0.1) is 9.26 Å². The van der Waals surface area contributed by atoms with E-state index >= 15 is 0 Å². The lowest BCUT2D eigenvalue weighted by atomic mass is 10.2. The first-order valence-corrected chi connectivity index (χ1v) is 7.09. The van der Waals surface area contributed by atoms with Gasteiger partial charge in [0.15, 0.2) is 0 Å². The van der Waals surface area contributed by atoms with Crippen LogP contribution in [-0.4, -0.2) is 16.5 Å². The molecule has 0 saturated carbocycles. The van der Waals surface area contributed by atoms with Crippen LogP contribution in [0.4, 0.5) is 5.82 Å². The second-order valence-corrected chi connectivity index (χ2v) is 4.86. The molecule has 1 rings (SSSR count). The minimum Gasteiger partial charge on any atom is -0.369 e. The highest BCUT2D eigenvalue weighted by Gasteiger charge is 2.09. The van der Waals surface area contributed by atoms with Gasteiger partial charge in [0, 0.05) is 13.0 Å². The lowest BCUT2D eigenvalue weighted by molar-refractivity contribution is 0.807. The SMILES string of the molecule is CCCNc1nc(CCC)nc(CC)c1I. The highest BCUT2D eigenvalue weighted by molar-refractivity contribution is 14.1. The summed E-state index contributed by atoms with van der Waals surface area (Å²) in [6, 6.07) is 0. The van der Waals surface area contributed by atoms with E-state index in [1.165, 1.54) is 3.57 Å². The lowest BCUT2D eigenvalue weighted by Crippen LogP contribution is -2.10. The molecule has 0 amide bonds. The summed E-state index contributed by atoms with van der Waals surface area (Å²) in [4.78, 5) is 9.17. The van der Waals surface area contributed by atoms with E-state index in [-0.39, 0.29) is 0 Å². The van der Waals surface area contributed by atoms with E-state index in [2.05, 4.69) is 58.6 Å². The van der Waals surface area contributed by atoms with Gasteiger partial charge >= 0.3 is 0 Å². The van der Waals surface area contributed by atoms with Gasteiger partial charge in [0.2, 0.25) is 0 Å². The molecule has 0 spiro atoms. The molecular formula is C12H20IN3.